The Morgan fingerprint density at radius 2 is 1.00 bits per heavy atom. The van der Waals surface area contributed by atoms with Crippen LogP contribution in [-0.4, -0.2) is 9.97 Å². The Bertz CT molecular complexity index is 1950. The number of fused-ring (bicyclic) bond motifs is 2. The van der Waals surface area contributed by atoms with E-state index in [0.717, 1.165) is 17.0 Å². The zero-order valence-electron chi connectivity index (χ0n) is 22.6. The molecule has 2 heteroatoms. The molecule has 0 atom stereocenters. The number of rotatable bonds is 4. The molecule has 0 aliphatic heterocycles. The largest absolute Gasteiger partial charge is 0.261 e. The summed E-state index contributed by atoms with van der Waals surface area (Å²) in [5.41, 5.74) is 11.7. The highest BCUT2D eigenvalue weighted by Gasteiger charge is 2.17. The highest BCUT2D eigenvalue weighted by atomic mass is 14.7. The van der Waals surface area contributed by atoms with Crippen molar-refractivity contribution in [2.24, 2.45) is 0 Å². The molecule has 2 nitrogen and oxygen atoms in total. The van der Waals surface area contributed by atoms with Gasteiger partial charge in [-0.3, -0.25) is 9.97 Å². The maximum absolute atomic E-state index is 4.53. The van der Waals surface area contributed by atoms with Crippen LogP contribution in [-0.2, 0) is 0 Å². The third-order valence-corrected chi connectivity index (χ3v) is 7.82. The van der Waals surface area contributed by atoms with Gasteiger partial charge in [0.2, 0.25) is 0 Å². The minimum Gasteiger partial charge on any atom is -0.261 e. The standard InChI is InChI=1S/C38H28N2/c1-25-16-17-31(24-40-25)29-9-7-10-30(23-29)38-35-13-5-3-11-33(35)37(34-12-4-6-14-36(34)38)28-20-18-27(19-21-28)32-15-8-22-39-26(32)2/h3-24H,1-2H3. The Hall–Kier alpha value is -5.08. The van der Waals surface area contributed by atoms with E-state index in [2.05, 4.69) is 132 Å². The van der Waals surface area contributed by atoms with Crippen molar-refractivity contribution in [3.05, 3.63) is 145 Å². The van der Waals surface area contributed by atoms with Crippen molar-refractivity contribution < 1.29 is 0 Å². The van der Waals surface area contributed by atoms with Crippen molar-refractivity contribution in [3.8, 4) is 44.5 Å². The summed E-state index contributed by atoms with van der Waals surface area (Å²) in [6.45, 7) is 4.08. The third kappa shape index (κ3) is 4.15. The number of hydrogen-bond acceptors (Lipinski definition) is 2. The molecule has 0 amide bonds. The highest BCUT2D eigenvalue weighted by molar-refractivity contribution is 6.21. The van der Waals surface area contributed by atoms with Crippen LogP contribution in [0.5, 0.6) is 0 Å². The molecule has 0 spiro atoms. The van der Waals surface area contributed by atoms with Gasteiger partial charge >= 0.3 is 0 Å². The number of nitrogens with zero attached hydrogens (tertiary/aromatic N) is 2. The molecular weight excluding hydrogens is 484 g/mol. The van der Waals surface area contributed by atoms with Crippen LogP contribution in [0.3, 0.4) is 0 Å². The molecule has 2 heterocycles. The molecule has 0 aliphatic carbocycles. The van der Waals surface area contributed by atoms with Crippen LogP contribution in [0.15, 0.2) is 134 Å². The number of benzene rings is 5. The monoisotopic (exact) mass is 512 g/mol. The molecule has 0 saturated carbocycles. The molecular formula is C38H28N2. The number of hydrogen-bond donors (Lipinski definition) is 0. The maximum Gasteiger partial charge on any atom is 0.0450 e. The highest BCUT2D eigenvalue weighted by Crippen LogP contribution is 2.44. The molecule has 7 rings (SSSR count). The zero-order valence-corrected chi connectivity index (χ0v) is 22.6. The molecule has 0 saturated heterocycles. The van der Waals surface area contributed by atoms with Crippen LogP contribution < -0.4 is 0 Å². The van der Waals surface area contributed by atoms with Gasteiger partial charge in [-0.05, 0) is 87.0 Å². The molecule has 5 aromatic carbocycles. The predicted octanol–water partition coefficient (Wildman–Crippen LogP) is 10.1. The first kappa shape index (κ1) is 24.0. The number of pyridine rings is 2. The Labute approximate surface area is 234 Å². The second-order valence-electron chi connectivity index (χ2n) is 10.3. The van der Waals surface area contributed by atoms with Gasteiger partial charge in [-0.15, -0.1) is 0 Å². The zero-order chi connectivity index (χ0) is 27.1. The fourth-order valence-electron chi connectivity index (χ4n) is 5.85. The van der Waals surface area contributed by atoms with Crippen molar-refractivity contribution in [1.29, 1.82) is 0 Å². The maximum atomic E-state index is 4.53. The van der Waals surface area contributed by atoms with Gasteiger partial charge in [0.15, 0.2) is 0 Å². The second-order valence-corrected chi connectivity index (χ2v) is 10.3. The third-order valence-electron chi connectivity index (χ3n) is 7.82. The summed E-state index contributed by atoms with van der Waals surface area (Å²) in [5, 5.41) is 5.01. The molecule has 0 unspecified atom stereocenters. The number of aryl methyl sites for hydroxylation is 2. The fourth-order valence-corrected chi connectivity index (χ4v) is 5.85. The SMILES string of the molecule is Cc1ccc(-c2cccc(-c3c4ccccc4c(-c4ccc(-c5cccnc5C)cc4)c4ccccc34)c2)cn1. The lowest BCUT2D eigenvalue weighted by atomic mass is 9.85. The van der Waals surface area contributed by atoms with Crippen LogP contribution in [0.2, 0.25) is 0 Å². The van der Waals surface area contributed by atoms with Crippen LogP contribution in [0.25, 0.3) is 66.1 Å². The van der Waals surface area contributed by atoms with E-state index >= 15 is 0 Å². The van der Waals surface area contributed by atoms with E-state index < -0.39 is 0 Å². The summed E-state index contributed by atoms with van der Waals surface area (Å²) in [7, 11) is 0. The average molecular weight is 513 g/mol. The van der Waals surface area contributed by atoms with Gasteiger partial charge in [0, 0.05) is 34.9 Å². The predicted molar refractivity (Wildman–Crippen MR) is 168 cm³/mol. The Morgan fingerprint density at radius 1 is 0.425 bits per heavy atom. The summed E-state index contributed by atoms with van der Waals surface area (Å²) in [6.07, 6.45) is 3.81. The van der Waals surface area contributed by atoms with Crippen LogP contribution >= 0.6 is 0 Å². The lowest BCUT2D eigenvalue weighted by Crippen LogP contribution is -1.92. The quantitative estimate of drug-likeness (QED) is 0.219. The Balaban J connectivity index is 1.45. The molecule has 190 valence electrons. The van der Waals surface area contributed by atoms with E-state index in [4.69, 9.17) is 0 Å². The van der Waals surface area contributed by atoms with Crippen molar-refractivity contribution in [2.75, 3.05) is 0 Å². The van der Waals surface area contributed by atoms with E-state index in [1.807, 2.05) is 25.4 Å². The van der Waals surface area contributed by atoms with Crippen molar-refractivity contribution >= 4 is 21.5 Å². The lowest BCUT2D eigenvalue weighted by Gasteiger charge is -2.18. The molecule has 40 heavy (non-hydrogen) atoms. The topological polar surface area (TPSA) is 25.8 Å². The fraction of sp³-hybridized carbons (Fsp3) is 0.0526. The first-order valence-electron chi connectivity index (χ1n) is 13.7. The minimum atomic E-state index is 1.02. The molecule has 0 fully saturated rings. The first-order valence-corrected chi connectivity index (χ1v) is 13.7. The van der Waals surface area contributed by atoms with Crippen LogP contribution in [0.1, 0.15) is 11.4 Å². The van der Waals surface area contributed by atoms with E-state index in [9.17, 15) is 0 Å². The second kappa shape index (κ2) is 9.91. The van der Waals surface area contributed by atoms with E-state index in [-0.39, 0.29) is 0 Å². The molecule has 0 aliphatic rings. The van der Waals surface area contributed by atoms with Crippen molar-refractivity contribution in [1.82, 2.24) is 9.97 Å². The van der Waals surface area contributed by atoms with Crippen molar-refractivity contribution in [2.45, 2.75) is 13.8 Å². The van der Waals surface area contributed by atoms with Crippen LogP contribution in [0, 0.1) is 13.8 Å². The summed E-state index contributed by atoms with van der Waals surface area (Å²) < 4.78 is 0. The van der Waals surface area contributed by atoms with E-state index in [0.29, 0.717) is 0 Å². The Kier molecular flexibility index (Phi) is 5.94. The summed E-state index contributed by atoms with van der Waals surface area (Å²) >= 11 is 0. The molecule has 0 N–H and O–H groups in total. The summed E-state index contributed by atoms with van der Waals surface area (Å²) in [6, 6.07) is 43.8. The van der Waals surface area contributed by atoms with E-state index in [1.54, 1.807) is 0 Å². The first-order chi connectivity index (χ1) is 19.7. The van der Waals surface area contributed by atoms with Gasteiger partial charge in [0.05, 0.1) is 0 Å². The molecule has 0 bridgehead atoms. The Morgan fingerprint density at radius 3 is 1.60 bits per heavy atom. The normalized spacial score (nSPS) is 11.2. The average Bonchev–Trinajstić information content (AvgIpc) is 3.01. The molecule has 2 aromatic heterocycles. The molecule has 7 aromatic rings. The van der Waals surface area contributed by atoms with Gasteiger partial charge < -0.3 is 0 Å². The summed E-state index contributed by atoms with van der Waals surface area (Å²) in [5.74, 6) is 0. The van der Waals surface area contributed by atoms with E-state index in [1.165, 1.54) is 60.5 Å². The van der Waals surface area contributed by atoms with Gasteiger partial charge in [-0.2, -0.15) is 0 Å². The van der Waals surface area contributed by atoms with Gasteiger partial charge in [-0.1, -0.05) is 103 Å². The van der Waals surface area contributed by atoms with Crippen molar-refractivity contribution in [3.63, 3.8) is 0 Å². The van der Waals surface area contributed by atoms with Crippen LogP contribution in [0.4, 0.5) is 0 Å². The smallest absolute Gasteiger partial charge is 0.0450 e. The molecule has 0 radical (unpaired) electrons. The van der Waals surface area contributed by atoms with Gasteiger partial charge in [0.1, 0.15) is 0 Å². The number of aromatic nitrogens is 2. The summed E-state index contributed by atoms with van der Waals surface area (Å²) in [4.78, 5) is 9.01. The van der Waals surface area contributed by atoms with Gasteiger partial charge in [0.25, 0.3) is 0 Å². The van der Waals surface area contributed by atoms with Gasteiger partial charge in [-0.25, -0.2) is 0 Å². The lowest BCUT2D eigenvalue weighted by molar-refractivity contribution is 1.20. The minimum absolute atomic E-state index is 1.02.